The SMILES string of the molecule is CCCCC/C=C\C/C=C\C/C=C\C/C=C\CCCC(=O)OC[C@H](O)COC(=O)CCCCCCCCCCCCCCCCCCCCCCC. The maximum atomic E-state index is 12.0. The first kappa shape index (κ1) is 49.9. The lowest BCUT2D eigenvalue weighted by atomic mass is 10.0. The minimum absolute atomic E-state index is 0.131. The molecule has 0 aliphatic carbocycles. The number of aliphatic hydroxyl groups excluding tert-OH is 1. The molecule has 52 heavy (non-hydrogen) atoms. The third-order valence-corrected chi connectivity index (χ3v) is 9.57. The number of unbranched alkanes of at least 4 members (excludes halogenated alkanes) is 24. The highest BCUT2D eigenvalue weighted by atomic mass is 16.6. The molecule has 0 unspecified atom stereocenters. The topological polar surface area (TPSA) is 72.8 Å². The van der Waals surface area contributed by atoms with Crippen molar-refractivity contribution in [3.05, 3.63) is 48.6 Å². The molecule has 5 heteroatoms. The largest absolute Gasteiger partial charge is 0.463 e. The van der Waals surface area contributed by atoms with Crippen molar-refractivity contribution < 1.29 is 24.2 Å². The van der Waals surface area contributed by atoms with Gasteiger partial charge in [-0.15, -0.1) is 0 Å². The van der Waals surface area contributed by atoms with Crippen LogP contribution in [0.4, 0.5) is 0 Å². The summed E-state index contributed by atoms with van der Waals surface area (Å²) in [6.07, 6.45) is 54.7. The van der Waals surface area contributed by atoms with Crippen LogP contribution in [0, 0.1) is 0 Å². The summed E-state index contributed by atoms with van der Waals surface area (Å²) in [5.74, 6) is -0.622. The molecule has 0 saturated carbocycles. The standard InChI is InChI=1S/C47H84O5/c1-3-5-7-9-11-13-15-17-19-21-22-23-24-26-28-30-32-34-36-38-40-42-47(50)52-44-45(48)43-51-46(49)41-39-37-35-33-31-29-27-25-20-18-16-14-12-10-8-6-4-2/h12,14,18,20,27,29,33,35,45,48H,3-11,13,15-17,19,21-26,28,30-32,34,36-44H2,1-2H3/b14-12-,20-18-,29-27-,35-33-/t45-/m0/s1. The molecule has 0 aromatic rings. The van der Waals surface area contributed by atoms with Gasteiger partial charge in [-0.05, 0) is 51.4 Å². The van der Waals surface area contributed by atoms with Gasteiger partial charge in [0.15, 0.2) is 0 Å². The predicted octanol–water partition coefficient (Wildman–Crippen LogP) is 14.2. The van der Waals surface area contributed by atoms with Gasteiger partial charge in [-0.1, -0.05) is 204 Å². The van der Waals surface area contributed by atoms with Crippen molar-refractivity contribution in [3.8, 4) is 0 Å². The van der Waals surface area contributed by atoms with Crippen molar-refractivity contribution in [2.24, 2.45) is 0 Å². The van der Waals surface area contributed by atoms with Crippen molar-refractivity contribution >= 4 is 11.9 Å². The lowest BCUT2D eigenvalue weighted by Crippen LogP contribution is -2.25. The van der Waals surface area contributed by atoms with Gasteiger partial charge in [-0.3, -0.25) is 9.59 Å². The number of carbonyl (C=O) groups excluding carboxylic acids is 2. The van der Waals surface area contributed by atoms with E-state index in [2.05, 4.69) is 62.5 Å². The molecular weight excluding hydrogens is 645 g/mol. The molecule has 0 fully saturated rings. The number of hydrogen-bond donors (Lipinski definition) is 1. The highest BCUT2D eigenvalue weighted by Crippen LogP contribution is 2.15. The second-order valence-electron chi connectivity index (χ2n) is 14.8. The van der Waals surface area contributed by atoms with E-state index in [1.165, 1.54) is 141 Å². The fraction of sp³-hybridized carbons (Fsp3) is 0.787. The third-order valence-electron chi connectivity index (χ3n) is 9.57. The Morgan fingerprint density at radius 2 is 0.692 bits per heavy atom. The number of hydrogen-bond acceptors (Lipinski definition) is 5. The summed E-state index contributed by atoms with van der Waals surface area (Å²) in [7, 11) is 0. The van der Waals surface area contributed by atoms with Crippen molar-refractivity contribution in [2.45, 2.75) is 225 Å². The van der Waals surface area contributed by atoms with Gasteiger partial charge in [0.25, 0.3) is 0 Å². The molecule has 0 radical (unpaired) electrons. The zero-order valence-electron chi connectivity index (χ0n) is 34.3. The van der Waals surface area contributed by atoms with Gasteiger partial charge in [0.1, 0.15) is 19.3 Å². The van der Waals surface area contributed by atoms with E-state index >= 15 is 0 Å². The molecule has 0 bridgehead atoms. The Labute approximate surface area is 322 Å². The van der Waals surface area contributed by atoms with Crippen molar-refractivity contribution in [1.29, 1.82) is 0 Å². The van der Waals surface area contributed by atoms with Gasteiger partial charge in [0, 0.05) is 12.8 Å². The van der Waals surface area contributed by atoms with Crippen LogP contribution in [0.2, 0.25) is 0 Å². The smallest absolute Gasteiger partial charge is 0.305 e. The minimum Gasteiger partial charge on any atom is -0.463 e. The summed E-state index contributed by atoms with van der Waals surface area (Å²) in [4.78, 5) is 24.0. The van der Waals surface area contributed by atoms with E-state index in [0.29, 0.717) is 19.3 Å². The number of carbonyl (C=O) groups is 2. The summed E-state index contributed by atoms with van der Waals surface area (Å²) in [6, 6.07) is 0. The zero-order chi connectivity index (χ0) is 37.8. The molecule has 302 valence electrons. The van der Waals surface area contributed by atoms with E-state index in [9.17, 15) is 14.7 Å². The van der Waals surface area contributed by atoms with E-state index in [-0.39, 0.29) is 25.2 Å². The molecule has 0 aliphatic heterocycles. The Balaban J connectivity index is 3.47. The Bertz CT molecular complexity index is 873. The van der Waals surface area contributed by atoms with Gasteiger partial charge < -0.3 is 14.6 Å². The predicted molar refractivity (Wildman–Crippen MR) is 224 cm³/mol. The zero-order valence-corrected chi connectivity index (χ0v) is 34.3. The van der Waals surface area contributed by atoms with E-state index in [1.54, 1.807) is 0 Å². The van der Waals surface area contributed by atoms with Crippen LogP contribution in [0.25, 0.3) is 0 Å². The molecule has 0 saturated heterocycles. The number of allylic oxidation sites excluding steroid dienone is 8. The Morgan fingerprint density at radius 3 is 1.08 bits per heavy atom. The summed E-state index contributed by atoms with van der Waals surface area (Å²) in [6.45, 7) is 4.24. The van der Waals surface area contributed by atoms with Crippen LogP contribution < -0.4 is 0 Å². The molecule has 0 aromatic carbocycles. The van der Waals surface area contributed by atoms with Crippen LogP contribution in [0.1, 0.15) is 219 Å². The molecule has 0 aliphatic rings. The highest BCUT2D eigenvalue weighted by molar-refractivity contribution is 5.69. The first-order valence-electron chi connectivity index (χ1n) is 22.2. The van der Waals surface area contributed by atoms with Crippen molar-refractivity contribution in [1.82, 2.24) is 0 Å². The van der Waals surface area contributed by atoms with Crippen molar-refractivity contribution in [3.63, 3.8) is 0 Å². The van der Waals surface area contributed by atoms with Gasteiger partial charge in [0.05, 0.1) is 0 Å². The molecule has 0 amide bonds. The van der Waals surface area contributed by atoms with Crippen LogP contribution >= 0.6 is 0 Å². The lowest BCUT2D eigenvalue weighted by molar-refractivity contribution is -0.152. The van der Waals surface area contributed by atoms with Crippen LogP contribution in [-0.4, -0.2) is 36.4 Å². The Kier molecular flexibility index (Phi) is 41.5. The molecule has 0 spiro atoms. The molecule has 5 nitrogen and oxygen atoms in total. The molecule has 0 aromatic heterocycles. The van der Waals surface area contributed by atoms with Gasteiger partial charge in [0.2, 0.25) is 0 Å². The third kappa shape index (κ3) is 42.3. The second kappa shape index (κ2) is 43.3. The van der Waals surface area contributed by atoms with Crippen LogP contribution in [0.15, 0.2) is 48.6 Å². The van der Waals surface area contributed by atoms with Gasteiger partial charge >= 0.3 is 11.9 Å². The molecule has 1 N–H and O–H groups in total. The monoisotopic (exact) mass is 729 g/mol. The fourth-order valence-electron chi connectivity index (χ4n) is 6.20. The van der Waals surface area contributed by atoms with E-state index in [4.69, 9.17) is 9.47 Å². The van der Waals surface area contributed by atoms with Crippen LogP contribution in [0.5, 0.6) is 0 Å². The van der Waals surface area contributed by atoms with Gasteiger partial charge in [-0.25, -0.2) is 0 Å². The fourth-order valence-corrected chi connectivity index (χ4v) is 6.20. The summed E-state index contributed by atoms with van der Waals surface area (Å²) >= 11 is 0. The first-order valence-corrected chi connectivity index (χ1v) is 22.2. The average Bonchev–Trinajstić information content (AvgIpc) is 3.15. The Morgan fingerprint density at radius 1 is 0.404 bits per heavy atom. The number of aliphatic hydroxyl groups is 1. The van der Waals surface area contributed by atoms with Crippen LogP contribution in [-0.2, 0) is 19.1 Å². The molecule has 1 atom stereocenters. The molecular formula is C47H84O5. The maximum absolute atomic E-state index is 12.0. The van der Waals surface area contributed by atoms with E-state index < -0.39 is 6.10 Å². The summed E-state index contributed by atoms with van der Waals surface area (Å²) in [5.41, 5.74) is 0. The number of rotatable bonds is 40. The van der Waals surface area contributed by atoms with Crippen molar-refractivity contribution in [2.75, 3.05) is 13.2 Å². The molecule has 0 heterocycles. The quantitative estimate of drug-likeness (QED) is 0.0386. The number of esters is 2. The number of ether oxygens (including phenoxy) is 2. The normalized spacial score (nSPS) is 12.6. The second-order valence-corrected chi connectivity index (χ2v) is 14.8. The summed E-state index contributed by atoms with van der Waals surface area (Å²) < 4.78 is 10.3. The van der Waals surface area contributed by atoms with Gasteiger partial charge in [-0.2, -0.15) is 0 Å². The minimum atomic E-state index is -0.985. The average molecular weight is 729 g/mol. The lowest BCUT2D eigenvalue weighted by Gasteiger charge is -2.12. The van der Waals surface area contributed by atoms with E-state index in [1.807, 2.05) is 0 Å². The highest BCUT2D eigenvalue weighted by Gasteiger charge is 2.12. The Hall–Kier alpha value is -2.14. The molecule has 0 rings (SSSR count). The first-order chi connectivity index (χ1) is 25.6. The summed E-state index contributed by atoms with van der Waals surface area (Å²) in [5, 5.41) is 10.0. The van der Waals surface area contributed by atoms with E-state index in [0.717, 1.165) is 44.9 Å². The van der Waals surface area contributed by atoms with Crippen LogP contribution in [0.3, 0.4) is 0 Å². The maximum Gasteiger partial charge on any atom is 0.305 e.